The number of ether oxygens (including phenoxy) is 1. The third-order valence-electron chi connectivity index (χ3n) is 4.71. The first-order chi connectivity index (χ1) is 14.1. The van der Waals surface area contributed by atoms with E-state index in [0.29, 0.717) is 18.2 Å². The van der Waals surface area contributed by atoms with Gasteiger partial charge in [-0.05, 0) is 17.5 Å². The molecule has 0 spiro atoms. The second-order valence-corrected chi connectivity index (χ2v) is 6.90. The molecule has 1 aromatic heterocycles. The van der Waals surface area contributed by atoms with Gasteiger partial charge in [0.1, 0.15) is 24.1 Å². The fraction of sp³-hybridized carbons (Fsp3) is 0.421. The Balaban J connectivity index is 1.82. The predicted octanol–water partition coefficient (Wildman–Crippen LogP) is 1.79. The smallest absolute Gasteiger partial charge is 0.434 e. The molecule has 8 nitrogen and oxygen atoms in total. The van der Waals surface area contributed by atoms with E-state index in [4.69, 9.17) is 9.84 Å². The van der Waals surface area contributed by atoms with Gasteiger partial charge in [0.05, 0.1) is 25.0 Å². The van der Waals surface area contributed by atoms with Crippen molar-refractivity contribution in [2.45, 2.75) is 43.4 Å². The standard InChI is InChI=1S/C19H20F3N3O5/c20-19(21,22)13-7-23-8-14(24-13)25-16-17(29)12(26)9-30-18(16)11-4-1-10(2-5-11)3-6-15(27)28/h1-2,4-5,7-8,12,16-18,26,29H,3,6,9H2,(H,24,25)(H,27,28)/t12-,16+,17-,18+/m0/s1. The quantitative estimate of drug-likeness (QED) is 0.550. The minimum absolute atomic E-state index is 0.0252. The predicted molar refractivity (Wildman–Crippen MR) is 97.6 cm³/mol. The maximum atomic E-state index is 12.9. The molecule has 11 heteroatoms. The lowest BCUT2D eigenvalue weighted by molar-refractivity contribution is -0.141. The number of benzene rings is 1. The molecule has 1 aromatic carbocycles. The minimum Gasteiger partial charge on any atom is -0.481 e. The number of nitrogens with zero attached hydrogens (tertiary/aromatic N) is 2. The van der Waals surface area contributed by atoms with Crippen LogP contribution in [-0.2, 0) is 22.1 Å². The third-order valence-corrected chi connectivity index (χ3v) is 4.71. The Kier molecular flexibility index (Phi) is 6.54. The van der Waals surface area contributed by atoms with Crippen LogP contribution in [0.4, 0.5) is 19.0 Å². The van der Waals surface area contributed by atoms with Crippen LogP contribution in [0.25, 0.3) is 0 Å². The van der Waals surface area contributed by atoms with Crippen molar-refractivity contribution in [1.29, 1.82) is 0 Å². The minimum atomic E-state index is -4.68. The Bertz CT molecular complexity index is 878. The van der Waals surface area contributed by atoms with Crippen LogP contribution in [0.5, 0.6) is 0 Å². The summed E-state index contributed by atoms with van der Waals surface area (Å²) in [6.45, 7) is -0.168. The number of carboxylic acid groups (broad SMARTS) is 1. The van der Waals surface area contributed by atoms with Crippen molar-refractivity contribution in [2.24, 2.45) is 0 Å². The van der Waals surface area contributed by atoms with E-state index in [0.717, 1.165) is 11.8 Å². The van der Waals surface area contributed by atoms with Crippen molar-refractivity contribution in [3.05, 3.63) is 53.5 Å². The van der Waals surface area contributed by atoms with Crippen molar-refractivity contribution >= 4 is 11.8 Å². The summed E-state index contributed by atoms with van der Waals surface area (Å²) in [5, 5.41) is 31.8. The van der Waals surface area contributed by atoms with E-state index in [1.54, 1.807) is 24.3 Å². The molecule has 4 atom stereocenters. The first kappa shape index (κ1) is 21.9. The molecule has 1 aliphatic rings. The van der Waals surface area contributed by atoms with Crippen LogP contribution >= 0.6 is 0 Å². The molecule has 4 N–H and O–H groups in total. The van der Waals surface area contributed by atoms with Crippen LogP contribution in [0.3, 0.4) is 0 Å². The summed E-state index contributed by atoms with van der Waals surface area (Å²) < 4.78 is 44.3. The molecule has 0 radical (unpaired) electrons. The van der Waals surface area contributed by atoms with Gasteiger partial charge in [0.2, 0.25) is 0 Å². The van der Waals surface area contributed by atoms with Crippen molar-refractivity contribution in [3.8, 4) is 0 Å². The number of rotatable bonds is 6. The highest BCUT2D eigenvalue weighted by Gasteiger charge is 2.40. The number of aryl methyl sites for hydroxylation is 1. The highest BCUT2D eigenvalue weighted by molar-refractivity contribution is 5.67. The lowest BCUT2D eigenvalue weighted by atomic mass is 9.91. The number of aliphatic hydroxyl groups excluding tert-OH is 2. The lowest BCUT2D eigenvalue weighted by Gasteiger charge is -2.39. The molecule has 0 saturated carbocycles. The van der Waals surface area contributed by atoms with Crippen molar-refractivity contribution in [1.82, 2.24) is 9.97 Å². The third kappa shape index (κ3) is 5.23. The van der Waals surface area contributed by atoms with Gasteiger partial charge in [-0.3, -0.25) is 9.78 Å². The van der Waals surface area contributed by atoms with Gasteiger partial charge < -0.3 is 25.4 Å². The molecule has 162 valence electrons. The number of carbonyl (C=O) groups is 1. The van der Waals surface area contributed by atoms with Gasteiger partial charge >= 0.3 is 12.1 Å². The van der Waals surface area contributed by atoms with Crippen LogP contribution in [0.2, 0.25) is 0 Å². The Morgan fingerprint density at radius 1 is 1.20 bits per heavy atom. The number of hydrogen-bond donors (Lipinski definition) is 4. The fourth-order valence-corrected chi connectivity index (χ4v) is 3.16. The SMILES string of the molecule is O=C(O)CCc1ccc([C@H]2OC[C@H](O)[C@H](O)[C@H]2Nc2cncc(C(F)(F)F)n2)cc1. The number of anilines is 1. The normalized spacial score (nSPS) is 24.4. The molecule has 2 heterocycles. The Morgan fingerprint density at radius 3 is 2.53 bits per heavy atom. The zero-order valence-corrected chi connectivity index (χ0v) is 15.6. The second kappa shape index (κ2) is 8.94. The van der Waals surface area contributed by atoms with Crippen LogP contribution in [0, 0.1) is 0 Å². The number of aliphatic hydroxyl groups is 2. The number of aliphatic carboxylic acids is 1. The zero-order valence-electron chi connectivity index (χ0n) is 15.6. The average Bonchev–Trinajstić information content (AvgIpc) is 2.70. The van der Waals surface area contributed by atoms with E-state index >= 15 is 0 Å². The molecule has 30 heavy (non-hydrogen) atoms. The molecule has 1 fully saturated rings. The number of halogens is 3. The van der Waals surface area contributed by atoms with E-state index in [9.17, 15) is 28.2 Å². The number of alkyl halides is 3. The van der Waals surface area contributed by atoms with Gasteiger partial charge in [0, 0.05) is 6.42 Å². The van der Waals surface area contributed by atoms with Crippen molar-refractivity contribution < 1.29 is 38.0 Å². The first-order valence-corrected chi connectivity index (χ1v) is 9.09. The van der Waals surface area contributed by atoms with Gasteiger partial charge in [0.15, 0.2) is 5.69 Å². The zero-order chi connectivity index (χ0) is 21.9. The lowest BCUT2D eigenvalue weighted by Crippen LogP contribution is -2.52. The molecule has 1 saturated heterocycles. The number of aromatic nitrogens is 2. The molecular formula is C19H20F3N3O5. The van der Waals surface area contributed by atoms with Crippen LogP contribution in [0.1, 0.15) is 29.3 Å². The molecule has 1 aliphatic heterocycles. The molecule has 3 rings (SSSR count). The summed E-state index contributed by atoms with van der Waals surface area (Å²) in [7, 11) is 0. The maximum absolute atomic E-state index is 12.9. The Labute approximate surface area is 169 Å². The van der Waals surface area contributed by atoms with Gasteiger partial charge in [-0.25, -0.2) is 4.98 Å². The molecule has 0 unspecified atom stereocenters. The summed E-state index contributed by atoms with van der Waals surface area (Å²) in [6, 6.07) is 5.77. The summed E-state index contributed by atoms with van der Waals surface area (Å²) in [6.07, 6.45) is -6.09. The van der Waals surface area contributed by atoms with E-state index in [1.807, 2.05) is 0 Å². The molecule has 0 aliphatic carbocycles. The van der Waals surface area contributed by atoms with Gasteiger partial charge in [-0.1, -0.05) is 24.3 Å². The number of hydrogen-bond acceptors (Lipinski definition) is 7. The summed E-state index contributed by atoms with van der Waals surface area (Å²) >= 11 is 0. The van der Waals surface area contributed by atoms with E-state index in [1.165, 1.54) is 0 Å². The van der Waals surface area contributed by atoms with Gasteiger partial charge in [-0.15, -0.1) is 0 Å². The summed E-state index contributed by atoms with van der Waals surface area (Å²) in [4.78, 5) is 17.7. The Hall–Kier alpha value is -2.76. The van der Waals surface area contributed by atoms with Gasteiger partial charge in [-0.2, -0.15) is 13.2 Å². The van der Waals surface area contributed by atoms with E-state index in [-0.39, 0.29) is 18.8 Å². The fourth-order valence-electron chi connectivity index (χ4n) is 3.16. The number of nitrogens with one attached hydrogen (secondary N) is 1. The molecule has 0 amide bonds. The summed E-state index contributed by atoms with van der Waals surface area (Å²) in [5.41, 5.74) is 0.182. The largest absolute Gasteiger partial charge is 0.481 e. The second-order valence-electron chi connectivity index (χ2n) is 6.90. The van der Waals surface area contributed by atoms with Crippen LogP contribution in [0.15, 0.2) is 36.7 Å². The van der Waals surface area contributed by atoms with Crippen LogP contribution < -0.4 is 5.32 Å². The molecular weight excluding hydrogens is 407 g/mol. The summed E-state index contributed by atoms with van der Waals surface area (Å²) in [5.74, 6) is -1.15. The molecule has 2 aromatic rings. The van der Waals surface area contributed by atoms with Crippen LogP contribution in [-0.4, -0.2) is 56.1 Å². The Morgan fingerprint density at radius 2 is 1.90 bits per heavy atom. The maximum Gasteiger partial charge on any atom is 0.434 e. The van der Waals surface area contributed by atoms with Crippen molar-refractivity contribution in [3.63, 3.8) is 0 Å². The van der Waals surface area contributed by atoms with E-state index in [2.05, 4.69) is 15.3 Å². The molecule has 0 bridgehead atoms. The highest BCUT2D eigenvalue weighted by Crippen LogP contribution is 2.32. The van der Waals surface area contributed by atoms with Gasteiger partial charge in [0.25, 0.3) is 0 Å². The average molecular weight is 427 g/mol. The van der Waals surface area contributed by atoms with E-state index < -0.39 is 42.2 Å². The monoisotopic (exact) mass is 427 g/mol. The highest BCUT2D eigenvalue weighted by atomic mass is 19.4. The topological polar surface area (TPSA) is 125 Å². The number of carboxylic acids is 1. The first-order valence-electron chi connectivity index (χ1n) is 9.09. The van der Waals surface area contributed by atoms with Crippen molar-refractivity contribution in [2.75, 3.05) is 11.9 Å².